The van der Waals surface area contributed by atoms with E-state index in [1.807, 2.05) is 0 Å². The summed E-state index contributed by atoms with van der Waals surface area (Å²) in [4.78, 5) is 10.9. The summed E-state index contributed by atoms with van der Waals surface area (Å²) in [7, 11) is 0. The monoisotopic (exact) mass is 171 g/mol. The molecule has 0 saturated heterocycles. The Morgan fingerprint density at radius 2 is 2.55 bits per heavy atom. The molecule has 0 aliphatic rings. The molecule has 0 bridgehead atoms. The summed E-state index contributed by atoms with van der Waals surface area (Å²) in [6, 6.07) is 1.41. The fourth-order valence-electron chi connectivity index (χ4n) is 0.506. The highest BCUT2D eigenvalue weighted by molar-refractivity contribution is 7.80. The van der Waals surface area contributed by atoms with Crippen LogP contribution in [-0.2, 0) is 0 Å². The fraction of sp³-hybridized carbons (Fsp3) is 0. The van der Waals surface area contributed by atoms with Crippen molar-refractivity contribution in [3.05, 3.63) is 18.0 Å². The summed E-state index contributed by atoms with van der Waals surface area (Å²) in [6.45, 7) is 0. The van der Waals surface area contributed by atoms with Crippen LogP contribution in [0.3, 0.4) is 0 Å². The zero-order valence-corrected chi connectivity index (χ0v) is 6.22. The van der Waals surface area contributed by atoms with Crippen LogP contribution in [0.2, 0.25) is 0 Å². The van der Waals surface area contributed by atoms with E-state index in [1.54, 1.807) is 0 Å². The molecule has 0 atom stereocenters. The van der Waals surface area contributed by atoms with E-state index in [2.05, 4.69) is 27.2 Å². The molecule has 58 valence electrons. The van der Waals surface area contributed by atoms with Crippen molar-refractivity contribution < 1.29 is 9.32 Å². The lowest BCUT2D eigenvalue weighted by atomic mass is 10.4. The maximum atomic E-state index is 10.9. The van der Waals surface area contributed by atoms with Gasteiger partial charge in [-0.3, -0.25) is 10.1 Å². The zero-order chi connectivity index (χ0) is 8.27. The van der Waals surface area contributed by atoms with Crippen LogP contribution in [0.25, 0.3) is 0 Å². The van der Waals surface area contributed by atoms with E-state index in [0.717, 1.165) is 0 Å². The quantitative estimate of drug-likeness (QED) is 0.564. The van der Waals surface area contributed by atoms with E-state index in [-0.39, 0.29) is 10.8 Å². The molecule has 1 aromatic heterocycles. The van der Waals surface area contributed by atoms with Crippen LogP contribution < -0.4 is 11.1 Å². The van der Waals surface area contributed by atoms with Gasteiger partial charge in [-0.2, -0.15) is 0 Å². The molecule has 0 radical (unpaired) electrons. The number of aromatic nitrogens is 1. The van der Waals surface area contributed by atoms with Gasteiger partial charge < -0.3 is 10.3 Å². The molecule has 0 unspecified atom stereocenters. The largest absolute Gasteiger partial charge is 0.376 e. The van der Waals surface area contributed by atoms with E-state index in [9.17, 15) is 4.79 Å². The minimum Gasteiger partial charge on any atom is -0.376 e. The summed E-state index contributed by atoms with van der Waals surface area (Å²) >= 11 is 4.43. The van der Waals surface area contributed by atoms with Gasteiger partial charge in [0.2, 0.25) is 0 Å². The number of amides is 1. The van der Waals surface area contributed by atoms with Crippen molar-refractivity contribution in [2.45, 2.75) is 0 Å². The van der Waals surface area contributed by atoms with E-state index >= 15 is 0 Å². The minimum absolute atomic E-state index is 0.0852. The Bertz CT molecular complexity index is 269. The smallest absolute Gasteiger partial charge is 0.279 e. The molecule has 1 aromatic rings. The lowest BCUT2D eigenvalue weighted by Crippen LogP contribution is -2.34. The summed E-state index contributed by atoms with van der Waals surface area (Å²) in [5, 5.41) is 5.47. The van der Waals surface area contributed by atoms with Crippen molar-refractivity contribution in [3.8, 4) is 0 Å². The van der Waals surface area contributed by atoms with Gasteiger partial charge in [0.05, 0.1) is 0 Å². The Kier molecular flexibility index (Phi) is 2.17. The zero-order valence-electron chi connectivity index (χ0n) is 5.40. The maximum absolute atomic E-state index is 10.9. The number of nitrogens with one attached hydrogen (secondary N) is 1. The van der Waals surface area contributed by atoms with Gasteiger partial charge in [0.1, 0.15) is 6.26 Å². The highest BCUT2D eigenvalue weighted by atomic mass is 32.1. The maximum Gasteiger partial charge on any atom is 0.279 e. The molecule has 0 spiro atoms. The Hall–Kier alpha value is -1.43. The number of carbonyl (C=O) groups is 1. The normalized spacial score (nSPS) is 9.09. The molecule has 5 nitrogen and oxygen atoms in total. The average Bonchev–Trinajstić information content (AvgIpc) is 2.35. The molecule has 11 heavy (non-hydrogen) atoms. The lowest BCUT2D eigenvalue weighted by molar-refractivity contribution is 0.0968. The molecular formula is C5H5N3O2S. The summed E-state index contributed by atoms with van der Waals surface area (Å²) in [5.41, 5.74) is 5.19. The number of carbonyl (C=O) groups excluding carboxylic acids is 1. The molecule has 0 saturated carbocycles. The minimum atomic E-state index is -0.466. The van der Waals surface area contributed by atoms with Crippen molar-refractivity contribution in [2.75, 3.05) is 0 Å². The number of nitrogens with two attached hydrogens (primary N) is 1. The van der Waals surface area contributed by atoms with Crippen LogP contribution in [0.1, 0.15) is 10.5 Å². The van der Waals surface area contributed by atoms with E-state index in [1.165, 1.54) is 12.3 Å². The van der Waals surface area contributed by atoms with Crippen LogP contribution in [0.4, 0.5) is 0 Å². The molecule has 1 heterocycles. The molecule has 0 fully saturated rings. The number of nitrogens with zero attached hydrogens (tertiary/aromatic N) is 1. The first kappa shape index (κ1) is 7.67. The van der Waals surface area contributed by atoms with E-state index in [4.69, 9.17) is 5.73 Å². The van der Waals surface area contributed by atoms with Gasteiger partial charge in [-0.15, -0.1) is 0 Å². The standard InChI is InChI=1S/C5H5N3O2S/c6-5(11)7-4(9)3-1-2-10-8-3/h1-2H,(H3,6,7,9,11). The van der Waals surface area contributed by atoms with Gasteiger partial charge >= 0.3 is 0 Å². The van der Waals surface area contributed by atoms with Crippen LogP contribution in [-0.4, -0.2) is 16.2 Å². The fourth-order valence-corrected chi connectivity index (χ4v) is 0.598. The highest BCUT2D eigenvalue weighted by Crippen LogP contribution is 1.92. The highest BCUT2D eigenvalue weighted by Gasteiger charge is 2.07. The average molecular weight is 171 g/mol. The molecule has 0 aromatic carbocycles. The SMILES string of the molecule is NC(=S)NC(=O)c1ccon1. The molecule has 6 heteroatoms. The number of rotatable bonds is 1. The third-order valence-corrected chi connectivity index (χ3v) is 1.01. The van der Waals surface area contributed by atoms with Crippen LogP contribution in [0.15, 0.2) is 16.9 Å². The molecule has 1 amide bonds. The molecule has 3 N–H and O–H groups in total. The predicted octanol–water partition coefficient (Wildman–Crippen LogP) is -0.352. The van der Waals surface area contributed by atoms with Gasteiger partial charge in [0, 0.05) is 6.07 Å². The van der Waals surface area contributed by atoms with Gasteiger partial charge in [0.15, 0.2) is 10.8 Å². The number of hydrogen-bond acceptors (Lipinski definition) is 4. The second-order valence-corrected chi connectivity index (χ2v) is 2.14. The third kappa shape index (κ3) is 2.01. The number of hydrogen-bond donors (Lipinski definition) is 2. The first-order chi connectivity index (χ1) is 5.20. The lowest BCUT2D eigenvalue weighted by Gasteiger charge is -1.95. The van der Waals surface area contributed by atoms with Crippen LogP contribution in [0.5, 0.6) is 0 Å². The van der Waals surface area contributed by atoms with Crippen molar-refractivity contribution >= 4 is 23.2 Å². The van der Waals surface area contributed by atoms with Crippen molar-refractivity contribution in [1.29, 1.82) is 0 Å². The van der Waals surface area contributed by atoms with E-state index in [0.29, 0.717) is 0 Å². The van der Waals surface area contributed by atoms with E-state index < -0.39 is 5.91 Å². The van der Waals surface area contributed by atoms with Gasteiger partial charge in [-0.25, -0.2) is 0 Å². The molecular weight excluding hydrogens is 166 g/mol. The van der Waals surface area contributed by atoms with Gasteiger partial charge in [-0.1, -0.05) is 5.16 Å². The molecule has 0 aliphatic carbocycles. The van der Waals surface area contributed by atoms with Crippen molar-refractivity contribution in [2.24, 2.45) is 5.73 Å². The van der Waals surface area contributed by atoms with Crippen LogP contribution in [0, 0.1) is 0 Å². The Labute approximate surface area is 67.5 Å². The van der Waals surface area contributed by atoms with Crippen molar-refractivity contribution in [3.63, 3.8) is 0 Å². The second-order valence-electron chi connectivity index (χ2n) is 1.70. The summed E-state index contributed by atoms with van der Waals surface area (Å²) in [6.07, 6.45) is 1.29. The Morgan fingerprint density at radius 3 is 3.00 bits per heavy atom. The third-order valence-electron chi connectivity index (χ3n) is 0.907. The molecule has 1 rings (SSSR count). The summed E-state index contributed by atoms with van der Waals surface area (Å²) < 4.78 is 4.42. The first-order valence-electron chi connectivity index (χ1n) is 2.71. The van der Waals surface area contributed by atoms with Crippen molar-refractivity contribution in [1.82, 2.24) is 10.5 Å². The van der Waals surface area contributed by atoms with Crippen LogP contribution >= 0.6 is 12.2 Å². The topological polar surface area (TPSA) is 81.1 Å². The Balaban J connectivity index is 2.64. The first-order valence-corrected chi connectivity index (χ1v) is 3.12. The van der Waals surface area contributed by atoms with Gasteiger partial charge in [-0.05, 0) is 12.2 Å². The number of thiocarbonyl (C=S) groups is 1. The second kappa shape index (κ2) is 3.11. The predicted molar refractivity (Wildman–Crippen MR) is 40.8 cm³/mol. The van der Waals surface area contributed by atoms with Gasteiger partial charge in [0.25, 0.3) is 5.91 Å². The Morgan fingerprint density at radius 1 is 1.82 bits per heavy atom. The molecule has 0 aliphatic heterocycles. The summed E-state index contributed by atoms with van der Waals surface area (Å²) in [5.74, 6) is -0.466.